The van der Waals surface area contributed by atoms with E-state index in [2.05, 4.69) is 5.32 Å². The largest absolute Gasteiger partial charge is 0.392 e. The zero-order valence-electron chi connectivity index (χ0n) is 15.1. The Hall–Kier alpha value is -2.99. The fourth-order valence-corrected chi connectivity index (χ4v) is 3.43. The third-order valence-corrected chi connectivity index (χ3v) is 4.76. The fraction of sp³-hybridized carbons (Fsp3) is 0.286. The first-order chi connectivity index (χ1) is 12.9. The summed E-state index contributed by atoms with van der Waals surface area (Å²) in [7, 11) is 0. The molecule has 140 valence electrons. The summed E-state index contributed by atoms with van der Waals surface area (Å²) < 4.78 is 0. The molecule has 3 rings (SSSR count). The van der Waals surface area contributed by atoms with Gasteiger partial charge in [0.2, 0.25) is 17.7 Å². The lowest BCUT2D eigenvalue weighted by atomic mass is 9.73. The van der Waals surface area contributed by atoms with Gasteiger partial charge in [-0.25, -0.2) is 0 Å². The van der Waals surface area contributed by atoms with Crippen molar-refractivity contribution in [2.75, 3.05) is 13.1 Å². The van der Waals surface area contributed by atoms with Crippen LogP contribution in [0.3, 0.4) is 0 Å². The number of hydrogen-bond donors (Lipinski definition) is 2. The second-order valence-corrected chi connectivity index (χ2v) is 6.75. The molecule has 0 aliphatic carbocycles. The first kappa shape index (κ1) is 18.8. The summed E-state index contributed by atoms with van der Waals surface area (Å²) in [4.78, 5) is 39.2. The molecule has 1 fully saturated rings. The van der Waals surface area contributed by atoms with E-state index in [4.69, 9.17) is 0 Å². The third-order valence-electron chi connectivity index (χ3n) is 4.76. The van der Waals surface area contributed by atoms with Gasteiger partial charge in [-0.1, -0.05) is 60.7 Å². The van der Waals surface area contributed by atoms with Gasteiger partial charge in [0.15, 0.2) is 0 Å². The van der Waals surface area contributed by atoms with Gasteiger partial charge in [0.1, 0.15) is 12.0 Å². The Balaban J connectivity index is 1.95. The van der Waals surface area contributed by atoms with E-state index in [-0.39, 0.29) is 25.4 Å². The van der Waals surface area contributed by atoms with E-state index in [0.29, 0.717) is 0 Å². The zero-order chi connectivity index (χ0) is 19.4. The maximum atomic E-state index is 13.4. The monoisotopic (exact) mass is 366 g/mol. The van der Waals surface area contributed by atoms with Gasteiger partial charge in [-0.05, 0) is 18.1 Å². The molecule has 1 heterocycles. The average Bonchev–Trinajstić information content (AvgIpc) is 2.93. The standard InChI is InChI=1S/C21H22N2O4/c1-15(24)13-22-18(25)14-23-19(26)12-21(20(23)27,16-8-4-2-5-9-16)17-10-6-3-7-11-17/h2-11,15,24H,12-14H2,1H3,(H,22,25). The predicted molar refractivity (Wildman–Crippen MR) is 99.7 cm³/mol. The van der Waals surface area contributed by atoms with Gasteiger partial charge in [-0.15, -0.1) is 0 Å². The highest BCUT2D eigenvalue weighted by Gasteiger charge is 2.54. The van der Waals surface area contributed by atoms with Crippen LogP contribution in [0.15, 0.2) is 60.7 Å². The van der Waals surface area contributed by atoms with Gasteiger partial charge in [0.05, 0.1) is 6.10 Å². The summed E-state index contributed by atoms with van der Waals surface area (Å²) in [5, 5.41) is 11.8. The van der Waals surface area contributed by atoms with E-state index in [0.717, 1.165) is 16.0 Å². The Labute approximate surface area is 157 Å². The van der Waals surface area contributed by atoms with Gasteiger partial charge >= 0.3 is 0 Å². The van der Waals surface area contributed by atoms with Crippen LogP contribution in [0.2, 0.25) is 0 Å². The molecule has 1 saturated heterocycles. The summed E-state index contributed by atoms with van der Waals surface area (Å²) in [6.07, 6.45) is -0.726. The van der Waals surface area contributed by atoms with E-state index in [1.54, 1.807) is 6.92 Å². The summed E-state index contributed by atoms with van der Waals surface area (Å²) in [6.45, 7) is 1.26. The van der Waals surface area contributed by atoms with E-state index in [9.17, 15) is 19.5 Å². The van der Waals surface area contributed by atoms with Crippen LogP contribution >= 0.6 is 0 Å². The van der Waals surface area contributed by atoms with E-state index in [1.807, 2.05) is 60.7 Å². The number of rotatable bonds is 6. The van der Waals surface area contributed by atoms with Crippen molar-refractivity contribution >= 4 is 17.7 Å². The minimum absolute atomic E-state index is 0.0243. The Bertz CT molecular complexity index is 794. The number of carbonyl (C=O) groups excluding carboxylic acids is 3. The molecule has 2 N–H and O–H groups in total. The molecule has 1 unspecified atom stereocenters. The SMILES string of the molecule is CC(O)CNC(=O)CN1C(=O)CC(c2ccccc2)(c2ccccc2)C1=O. The molecule has 0 saturated carbocycles. The van der Waals surface area contributed by atoms with E-state index < -0.39 is 23.3 Å². The smallest absolute Gasteiger partial charge is 0.245 e. The molecule has 3 amide bonds. The maximum Gasteiger partial charge on any atom is 0.245 e. The summed E-state index contributed by atoms with van der Waals surface area (Å²) in [5.41, 5.74) is 0.312. The number of benzene rings is 2. The number of imide groups is 1. The molecular weight excluding hydrogens is 344 g/mol. The minimum atomic E-state index is -1.13. The first-order valence-electron chi connectivity index (χ1n) is 8.86. The number of likely N-dealkylation sites (tertiary alicyclic amines) is 1. The average molecular weight is 366 g/mol. The molecule has 2 aromatic rings. The van der Waals surface area contributed by atoms with Crippen molar-refractivity contribution in [2.24, 2.45) is 0 Å². The number of aliphatic hydroxyl groups excluding tert-OH is 1. The molecule has 0 radical (unpaired) electrons. The highest BCUT2D eigenvalue weighted by Crippen LogP contribution is 2.42. The van der Waals surface area contributed by atoms with Crippen LogP contribution in [0.5, 0.6) is 0 Å². The van der Waals surface area contributed by atoms with Crippen molar-refractivity contribution in [1.29, 1.82) is 0 Å². The summed E-state index contributed by atoms with van der Waals surface area (Å²) in [5.74, 6) is -1.27. The molecule has 1 aliphatic heterocycles. The molecule has 6 nitrogen and oxygen atoms in total. The van der Waals surface area contributed by atoms with E-state index in [1.165, 1.54) is 0 Å². The molecular formula is C21H22N2O4. The highest BCUT2D eigenvalue weighted by atomic mass is 16.3. The lowest BCUT2D eigenvalue weighted by Crippen LogP contribution is -2.45. The number of aliphatic hydroxyl groups is 1. The minimum Gasteiger partial charge on any atom is -0.392 e. The normalized spacial score (nSPS) is 17.0. The van der Waals surface area contributed by atoms with Gasteiger partial charge in [0, 0.05) is 13.0 Å². The Morgan fingerprint density at radius 2 is 1.59 bits per heavy atom. The Morgan fingerprint density at radius 3 is 2.07 bits per heavy atom. The van der Waals surface area contributed by atoms with Gasteiger partial charge in [0.25, 0.3) is 0 Å². The van der Waals surface area contributed by atoms with Crippen LogP contribution in [0.1, 0.15) is 24.5 Å². The lowest BCUT2D eigenvalue weighted by Gasteiger charge is -2.28. The summed E-state index contributed by atoms with van der Waals surface area (Å²) >= 11 is 0. The highest BCUT2D eigenvalue weighted by molar-refractivity contribution is 6.12. The Morgan fingerprint density at radius 1 is 1.07 bits per heavy atom. The second kappa shape index (κ2) is 7.72. The van der Waals surface area contributed by atoms with Gasteiger partial charge < -0.3 is 10.4 Å². The summed E-state index contributed by atoms with van der Waals surface area (Å²) in [6, 6.07) is 18.3. The molecule has 27 heavy (non-hydrogen) atoms. The van der Waals surface area contributed by atoms with Crippen molar-refractivity contribution in [3.8, 4) is 0 Å². The fourth-order valence-electron chi connectivity index (χ4n) is 3.43. The Kier molecular flexibility index (Phi) is 5.37. The van der Waals surface area contributed by atoms with Gasteiger partial charge in [-0.3, -0.25) is 19.3 Å². The molecule has 0 spiro atoms. The topological polar surface area (TPSA) is 86.7 Å². The van der Waals surface area contributed by atoms with Crippen molar-refractivity contribution in [1.82, 2.24) is 10.2 Å². The van der Waals surface area contributed by atoms with Crippen molar-refractivity contribution in [3.63, 3.8) is 0 Å². The molecule has 6 heteroatoms. The van der Waals surface area contributed by atoms with Crippen LogP contribution in [0.25, 0.3) is 0 Å². The van der Waals surface area contributed by atoms with Gasteiger partial charge in [-0.2, -0.15) is 0 Å². The molecule has 1 aliphatic rings. The molecule has 2 aromatic carbocycles. The van der Waals surface area contributed by atoms with Crippen LogP contribution in [0, 0.1) is 0 Å². The molecule has 0 bridgehead atoms. The third kappa shape index (κ3) is 3.61. The van der Waals surface area contributed by atoms with Crippen molar-refractivity contribution in [3.05, 3.63) is 71.8 Å². The number of nitrogens with zero attached hydrogens (tertiary/aromatic N) is 1. The molecule has 0 aromatic heterocycles. The van der Waals surface area contributed by atoms with Crippen molar-refractivity contribution < 1.29 is 19.5 Å². The molecule has 1 atom stereocenters. The quantitative estimate of drug-likeness (QED) is 0.753. The lowest BCUT2D eigenvalue weighted by molar-refractivity contribution is -0.143. The maximum absolute atomic E-state index is 13.4. The zero-order valence-corrected chi connectivity index (χ0v) is 15.1. The number of amides is 3. The number of hydrogen-bond acceptors (Lipinski definition) is 4. The van der Waals surface area contributed by atoms with Crippen LogP contribution < -0.4 is 5.32 Å². The van der Waals surface area contributed by atoms with E-state index >= 15 is 0 Å². The van der Waals surface area contributed by atoms with Crippen LogP contribution in [0.4, 0.5) is 0 Å². The number of nitrogens with one attached hydrogen (secondary N) is 1. The predicted octanol–water partition coefficient (Wildman–Crippen LogP) is 1.23. The second-order valence-electron chi connectivity index (χ2n) is 6.75. The van der Waals surface area contributed by atoms with Crippen LogP contribution in [-0.2, 0) is 19.8 Å². The van der Waals surface area contributed by atoms with Crippen LogP contribution in [-0.4, -0.2) is 46.9 Å². The van der Waals surface area contributed by atoms with Crippen molar-refractivity contribution in [2.45, 2.75) is 24.9 Å². The first-order valence-corrected chi connectivity index (χ1v) is 8.86. The number of carbonyl (C=O) groups is 3.